The van der Waals surface area contributed by atoms with E-state index in [1.165, 1.54) is 6.07 Å². The average molecular weight is 269 g/mol. The van der Waals surface area contributed by atoms with Gasteiger partial charge in [-0.15, -0.1) is 0 Å². The number of carboxylic acids is 1. The molecule has 0 radical (unpaired) electrons. The van der Waals surface area contributed by atoms with E-state index < -0.39 is 5.97 Å². The molecule has 0 saturated carbocycles. The first-order chi connectivity index (χ1) is 9.63. The van der Waals surface area contributed by atoms with Gasteiger partial charge in [-0.05, 0) is 24.6 Å². The first-order valence-electron chi connectivity index (χ1n) is 5.96. The van der Waals surface area contributed by atoms with E-state index in [-0.39, 0.29) is 11.3 Å². The molecule has 0 aliphatic carbocycles. The number of hydrogen-bond donors (Lipinski definition) is 1. The van der Waals surface area contributed by atoms with E-state index in [9.17, 15) is 4.79 Å². The van der Waals surface area contributed by atoms with Crippen LogP contribution in [-0.2, 0) is 0 Å². The SMILES string of the molecule is Cc1ccc(C(=O)O)c(Oc2ccn3nccc3n2)c1. The standard InChI is InChI=1S/C14H11N3O3/c1-9-2-3-10(14(18)19)11(8-9)20-13-5-7-17-12(16-13)4-6-15-17/h2-8H,1H3,(H,18,19). The lowest BCUT2D eigenvalue weighted by atomic mass is 10.1. The maximum absolute atomic E-state index is 11.2. The molecular weight excluding hydrogens is 258 g/mol. The van der Waals surface area contributed by atoms with Crippen LogP contribution in [0.4, 0.5) is 0 Å². The summed E-state index contributed by atoms with van der Waals surface area (Å²) in [5.74, 6) is -0.439. The summed E-state index contributed by atoms with van der Waals surface area (Å²) in [5, 5.41) is 13.2. The number of aromatic nitrogens is 3. The highest BCUT2D eigenvalue weighted by molar-refractivity contribution is 5.91. The summed E-state index contributed by atoms with van der Waals surface area (Å²) in [4.78, 5) is 15.4. The van der Waals surface area contributed by atoms with Crippen molar-refractivity contribution in [3.63, 3.8) is 0 Å². The Bertz CT molecular complexity index is 795. The van der Waals surface area contributed by atoms with Crippen molar-refractivity contribution in [3.05, 3.63) is 53.9 Å². The minimum Gasteiger partial charge on any atom is -0.478 e. The number of ether oxygens (including phenoxy) is 1. The monoisotopic (exact) mass is 269 g/mol. The van der Waals surface area contributed by atoms with Crippen LogP contribution < -0.4 is 4.74 Å². The fourth-order valence-electron chi connectivity index (χ4n) is 1.86. The molecule has 0 aliphatic rings. The second-order valence-electron chi connectivity index (χ2n) is 4.31. The van der Waals surface area contributed by atoms with E-state index in [2.05, 4.69) is 10.1 Å². The van der Waals surface area contributed by atoms with E-state index in [0.29, 0.717) is 11.5 Å². The first-order valence-corrected chi connectivity index (χ1v) is 5.96. The van der Waals surface area contributed by atoms with Crippen molar-refractivity contribution in [1.82, 2.24) is 14.6 Å². The number of aromatic carboxylic acids is 1. The number of rotatable bonds is 3. The minimum absolute atomic E-state index is 0.103. The molecule has 0 aliphatic heterocycles. The lowest BCUT2D eigenvalue weighted by molar-refractivity contribution is 0.0694. The van der Waals surface area contributed by atoms with Gasteiger partial charge in [0.1, 0.15) is 11.3 Å². The summed E-state index contributed by atoms with van der Waals surface area (Å²) in [7, 11) is 0. The molecule has 0 saturated heterocycles. The van der Waals surface area contributed by atoms with Crippen LogP contribution in [0.15, 0.2) is 42.7 Å². The number of aryl methyl sites for hydroxylation is 1. The van der Waals surface area contributed by atoms with Crippen LogP contribution in [0.2, 0.25) is 0 Å². The molecule has 0 bridgehead atoms. The van der Waals surface area contributed by atoms with Gasteiger partial charge >= 0.3 is 5.97 Å². The van der Waals surface area contributed by atoms with Crippen LogP contribution in [0.1, 0.15) is 15.9 Å². The Morgan fingerprint density at radius 2 is 2.15 bits per heavy atom. The Morgan fingerprint density at radius 1 is 1.30 bits per heavy atom. The molecule has 100 valence electrons. The van der Waals surface area contributed by atoms with Crippen LogP contribution in [0, 0.1) is 6.92 Å². The van der Waals surface area contributed by atoms with Crippen molar-refractivity contribution in [2.24, 2.45) is 0 Å². The largest absolute Gasteiger partial charge is 0.478 e. The Labute approximate surface area is 114 Å². The van der Waals surface area contributed by atoms with Gasteiger partial charge in [0.15, 0.2) is 5.65 Å². The normalized spacial score (nSPS) is 10.7. The topological polar surface area (TPSA) is 76.7 Å². The third kappa shape index (κ3) is 2.18. The van der Waals surface area contributed by atoms with E-state index in [1.807, 2.05) is 6.92 Å². The minimum atomic E-state index is -1.04. The van der Waals surface area contributed by atoms with Crippen LogP contribution >= 0.6 is 0 Å². The van der Waals surface area contributed by atoms with Crippen LogP contribution in [0.5, 0.6) is 11.6 Å². The third-order valence-electron chi connectivity index (χ3n) is 2.81. The van der Waals surface area contributed by atoms with Crippen LogP contribution in [0.25, 0.3) is 5.65 Å². The maximum Gasteiger partial charge on any atom is 0.339 e. The van der Waals surface area contributed by atoms with Crippen molar-refractivity contribution in [2.45, 2.75) is 6.92 Å². The Kier molecular flexibility index (Phi) is 2.83. The summed E-state index contributed by atoms with van der Waals surface area (Å²) in [6.07, 6.45) is 3.33. The molecule has 1 aromatic carbocycles. The molecule has 0 unspecified atom stereocenters. The number of benzene rings is 1. The highest BCUT2D eigenvalue weighted by Crippen LogP contribution is 2.25. The summed E-state index contributed by atoms with van der Waals surface area (Å²) >= 11 is 0. The quantitative estimate of drug-likeness (QED) is 0.790. The molecule has 3 rings (SSSR count). The number of carboxylic acid groups (broad SMARTS) is 1. The van der Waals surface area contributed by atoms with Gasteiger partial charge in [-0.2, -0.15) is 10.1 Å². The van der Waals surface area contributed by atoms with Crippen LogP contribution in [0.3, 0.4) is 0 Å². The Balaban J connectivity index is 2.01. The van der Waals surface area contributed by atoms with Gasteiger partial charge < -0.3 is 9.84 Å². The van der Waals surface area contributed by atoms with Gasteiger partial charge in [0.05, 0.1) is 6.20 Å². The van der Waals surface area contributed by atoms with E-state index in [0.717, 1.165) is 5.56 Å². The zero-order valence-electron chi connectivity index (χ0n) is 10.6. The second-order valence-corrected chi connectivity index (χ2v) is 4.31. The molecule has 6 heteroatoms. The molecule has 0 amide bonds. The van der Waals surface area contributed by atoms with E-state index in [1.54, 1.807) is 41.2 Å². The van der Waals surface area contributed by atoms with Gasteiger partial charge in [0.2, 0.25) is 5.88 Å². The fraction of sp³-hybridized carbons (Fsp3) is 0.0714. The third-order valence-corrected chi connectivity index (χ3v) is 2.81. The van der Waals surface area contributed by atoms with Gasteiger partial charge in [-0.25, -0.2) is 9.31 Å². The number of carbonyl (C=O) groups is 1. The fourth-order valence-corrected chi connectivity index (χ4v) is 1.86. The zero-order chi connectivity index (χ0) is 14.1. The molecule has 6 nitrogen and oxygen atoms in total. The van der Waals surface area contributed by atoms with E-state index >= 15 is 0 Å². The Morgan fingerprint density at radius 3 is 2.95 bits per heavy atom. The highest BCUT2D eigenvalue weighted by Gasteiger charge is 2.13. The van der Waals surface area contributed by atoms with Gasteiger partial charge in [0.25, 0.3) is 0 Å². The number of hydrogen-bond acceptors (Lipinski definition) is 4. The predicted molar refractivity (Wildman–Crippen MR) is 71.2 cm³/mol. The van der Waals surface area contributed by atoms with Gasteiger partial charge in [0, 0.05) is 18.3 Å². The lowest BCUT2D eigenvalue weighted by Crippen LogP contribution is -2.01. The molecule has 1 N–H and O–H groups in total. The predicted octanol–water partition coefficient (Wildman–Crippen LogP) is 2.53. The lowest BCUT2D eigenvalue weighted by Gasteiger charge is -2.08. The first kappa shape index (κ1) is 12.2. The van der Waals surface area contributed by atoms with Crippen molar-refractivity contribution < 1.29 is 14.6 Å². The van der Waals surface area contributed by atoms with E-state index in [4.69, 9.17) is 9.84 Å². The molecule has 2 aromatic heterocycles. The van der Waals surface area contributed by atoms with Crippen LogP contribution in [-0.4, -0.2) is 25.7 Å². The average Bonchev–Trinajstić information content (AvgIpc) is 2.85. The zero-order valence-corrected chi connectivity index (χ0v) is 10.6. The molecule has 0 atom stereocenters. The summed E-state index contributed by atoms with van der Waals surface area (Å²) < 4.78 is 7.19. The van der Waals surface area contributed by atoms with Gasteiger partial charge in [-0.1, -0.05) is 6.07 Å². The van der Waals surface area contributed by atoms with Crippen molar-refractivity contribution in [2.75, 3.05) is 0 Å². The molecule has 20 heavy (non-hydrogen) atoms. The Hall–Kier alpha value is -2.89. The smallest absolute Gasteiger partial charge is 0.339 e. The van der Waals surface area contributed by atoms with Crippen molar-refractivity contribution in [1.29, 1.82) is 0 Å². The van der Waals surface area contributed by atoms with Crippen molar-refractivity contribution >= 4 is 11.6 Å². The number of nitrogens with zero attached hydrogens (tertiary/aromatic N) is 3. The summed E-state index contributed by atoms with van der Waals surface area (Å²) in [6.45, 7) is 1.87. The molecule has 0 spiro atoms. The van der Waals surface area contributed by atoms with Crippen molar-refractivity contribution in [3.8, 4) is 11.6 Å². The molecule has 2 heterocycles. The molecule has 3 aromatic rings. The van der Waals surface area contributed by atoms with Gasteiger partial charge in [-0.3, -0.25) is 0 Å². The second kappa shape index (κ2) is 4.65. The molecule has 0 fully saturated rings. The highest BCUT2D eigenvalue weighted by atomic mass is 16.5. The maximum atomic E-state index is 11.2. The number of fused-ring (bicyclic) bond motifs is 1. The summed E-state index contributed by atoms with van der Waals surface area (Å²) in [6, 6.07) is 8.29. The summed E-state index contributed by atoms with van der Waals surface area (Å²) in [5.41, 5.74) is 1.65. The molecular formula is C14H11N3O3.